The van der Waals surface area contributed by atoms with Gasteiger partial charge in [-0.25, -0.2) is 9.18 Å². The van der Waals surface area contributed by atoms with Gasteiger partial charge < -0.3 is 9.47 Å². The molecule has 1 aliphatic rings. The lowest BCUT2D eigenvalue weighted by Crippen LogP contribution is -2.14. The van der Waals surface area contributed by atoms with Crippen LogP contribution in [0, 0.1) is 5.82 Å². The Morgan fingerprint density at radius 2 is 1.76 bits per heavy atom. The molecule has 0 saturated heterocycles. The average Bonchev–Trinajstić information content (AvgIpc) is 2.98. The van der Waals surface area contributed by atoms with Crippen LogP contribution in [0.15, 0.2) is 48.5 Å². The summed E-state index contributed by atoms with van der Waals surface area (Å²) in [7, 11) is 0. The van der Waals surface area contributed by atoms with E-state index in [4.69, 9.17) is 14.5 Å². The minimum Gasteiger partial charge on any atom is -0.493 e. The molecule has 0 spiro atoms. The lowest BCUT2D eigenvalue weighted by atomic mass is 9.97. The van der Waals surface area contributed by atoms with Gasteiger partial charge in [-0.2, -0.15) is 0 Å². The van der Waals surface area contributed by atoms with Crippen LogP contribution < -0.4 is 4.74 Å². The predicted molar refractivity (Wildman–Crippen MR) is 110 cm³/mol. The van der Waals surface area contributed by atoms with E-state index < -0.39 is 0 Å². The molecule has 0 N–H and O–H groups in total. The fraction of sp³-hybridized carbons (Fsp3) is 0.333. The van der Waals surface area contributed by atoms with Crippen LogP contribution in [0.2, 0.25) is 0 Å². The van der Waals surface area contributed by atoms with E-state index >= 15 is 0 Å². The minimum atomic E-state index is -0.296. The van der Waals surface area contributed by atoms with Crippen molar-refractivity contribution in [2.45, 2.75) is 38.5 Å². The SMILES string of the molecule is O=C(OCCCOc1ccc(F)cc1)c1c2c(nc3ccccc13)CCCCC2. The van der Waals surface area contributed by atoms with Crippen molar-refractivity contribution in [3.8, 4) is 5.75 Å². The van der Waals surface area contributed by atoms with E-state index in [1.807, 2.05) is 24.3 Å². The molecule has 29 heavy (non-hydrogen) atoms. The van der Waals surface area contributed by atoms with Gasteiger partial charge in [-0.15, -0.1) is 0 Å². The number of carbonyl (C=O) groups excluding carboxylic acids is 1. The fourth-order valence-electron chi connectivity index (χ4n) is 3.80. The molecule has 0 amide bonds. The smallest absolute Gasteiger partial charge is 0.339 e. The zero-order valence-corrected chi connectivity index (χ0v) is 16.3. The summed E-state index contributed by atoms with van der Waals surface area (Å²) in [6, 6.07) is 13.7. The summed E-state index contributed by atoms with van der Waals surface area (Å²) in [6.45, 7) is 0.666. The first kappa shape index (κ1) is 19.4. The molecule has 1 heterocycles. The van der Waals surface area contributed by atoms with Gasteiger partial charge in [0, 0.05) is 17.5 Å². The molecule has 0 saturated carbocycles. The highest BCUT2D eigenvalue weighted by Crippen LogP contribution is 2.29. The number of aromatic nitrogens is 1. The third-order valence-corrected chi connectivity index (χ3v) is 5.23. The molecule has 3 aromatic rings. The summed E-state index contributed by atoms with van der Waals surface area (Å²) in [5.74, 6) is 0.0155. The van der Waals surface area contributed by atoms with Crippen LogP contribution in [-0.4, -0.2) is 24.2 Å². The third-order valence-electron chi connectivity index (χ3n) is 5.23. The van der Waals surface area contributed by atoms with E-state index in [0.717, 1.165) is 54.3 Å². The number of esters is 1. The highest BCUT2D eigenvalue weighted by atomic mass is 19.1. The number of halogens is 1. The Kier molecular flexibility index (Phi) is 6.03. The number of carbonyl (C=O) groups is 1. The molecule has 1 aromatic heterocycles. The van der Waals surface area contributed by atoms with Gasteiger partial charge in [0.05, 0.1) is 24.3 Å². The van der Waals surface area contributed by atoms with Crippen LogP contribution in [0.3, 0.4) is 0 Å². The van der Waals surface area contributed by atoms with Crippen LogP contribution in [-0.2, 0) is 17.6 Å². The number of para-hydroxylation sites is 1. The van der Waals surface area contributed by atoms with Crippen molar-refractivity contribution < 1.29 is 18.7 Å². The summed E-state index contributed by atoms with van der Waals surface area (Å²) in [5.41, 5.74) is 3.60. The minimum absolute atomic E-state index is 0.269. The van der Waals surface area contributed by atoms with Crippen molar-refractivity contribution in [3.05, 3.63) is 71.2 Å². The van der Waals surface area contributed by atoms with Gasteiger partial charge in [0.1, 0.15) is 11.6 Å². The number of nitrogens with zero attached hydrogens (tertiary/aromatic N) is 1. The summed E-state index contributed by atoms with van der Waals surface area (Å²) in [4.78, 5) is 17.8. The molecule has 0 aliphatic heterocycles. The van der Waals surface area contributed by atoms with Crippen molar-refractivity contribution in [2.24, 2.45) is 0 Å². The number of aryl methyl sites for hydroxylation is 1. The van der Waals surface area contributed by atoms with Crippen LogP contribution in [0.25, 0.3) is 10.9 Å². The molecule has 150 valence electrons. The standard InChI is InChI=1S/C24H24FNO3/c25-17-11-13-18(14-12-17)28-15-6-16-29-24(27)23-19-7-2-1-3-9-21(19)26-22-10-5-4-8-20(22)23/h4-5,8,10-14H,1-3,6-7,9,15-16H2. The van der Waals surface area contributed by atoms with Crippen molar-refractivity contribution in [1.82, 2.24) is 4.98 Å². The monoisotopic (exact) mass is 393 g/mol. The summed E-state index contributed by atoms with van der Waals surface area (Å²) in [5, 5.41) is 0.862. The molecule has 0 radical (unpaired) electrons. The third kappa shape index (κ3) is 4.56. The van der Waals surface area contributed by atoms with Crippen molar-refractivity contribution in [3.63, 3.8) is 0 Å². The molecule has 0 fully saturated rings. The molecule has 4 rings (SSSR count). The van der Waals surface area contributed by atoms with E-state index in [1.165, 1.54) is 12.1 Å². The van der Waals surface area contributed by atoms with Gasteiger partial charge in [-0.05, 0) is 61.6 Å². The first-order valence-electron chi connectivity index (χ1n) is 10.2. The van der Waals surface area contributed by atoms with E-state index in [9.17, 15) is 9.18 Å². The van der Waals surface area contributed by atoms with E-state index in [-0.39, 0.29) is 18.4 Å². The van der Waals surface area contributed by atoms with Gasteiger partial charge in [0.2, 0.25) is 0 Å². The fourth-order valence-corrected chi connectivity index (χ4v) is 3.80. The molecular weight excluding hydrogens is 369 g/mol. The number of fused-ring (bicyclic) bond motifs is 2. The molecule has 1 aliphatic carbocycles. The maximum atomic E-state index is 13.0. The lowest BCUT2D eigenvalue weighted by Gasteiger charge is -2.15. The van der Waals surface area contributed by atoms with Crippen LogP contribution in [0.4, 0.5) is 4.39 Å². The quantitative estimate of drug-likeness (QED) is 0.325. The predicted octanol–water partition coefficient (Wildman–Crippen LogP) is 5.27. The molecule has 2 aromatic carbocycles. The molecule has 5 heteroatoms. The number of benzene rings is 2. The highest BCUT2D eigenvalue weighted by Gasteiger charge is 2.22. The van der Waals surface area contributed by atoms with Gasteiger partial charge in [0.25, 0.3) is 0 Å². The van der Waals surface area contributed by atoms with Crippen molar-refractivity contribution >= 4 is 16.9 Å². The Morgan fingerprint density at radius 1 is 0.966 bits per heavy atom. The molecule has 4 nitrogen and oxygen atoms in total. The number of rotatable bonds is 6. The van der Waals surface area contributed by atoms with E-state index in [1.54, 1.807) is 12.1 Å². The van der Waals surface area contributed by atoms with Crippen LogP contribution >= 0.6 is 0 Å². The average molecular weight is 393 g/mol. The van der Waals surface area contributed by atoms with E-state index in [2.05, 4.69) is 0 Å². The largest absolute Gasteiger partial charge is 0.493 e. The number of hydrogen-bond acceptors (Lipinski definition) is 4. The zero-order chi connectivity index (χ0) is 20.1. The van der Waals surface area contributed by atoms with Gasteiger partial charge >= 0.3 is 5.97 Å². The van der Waals surface area contributed by atoms with Gasteiger partial charge in [-0.1, -0.05) is 24.6 Å². The second-order valence-electron chi connectivity index (χ2n) is 7.28. The summed E-state index contributed by atoms with van der Waals surface area (Å²) < 4.78 is 24.1. The lowest BCUT2D eigenvalue weighted by molar-refractivity contribution is 0.0487. The van der Waals surface area contributed by atoms with Crippen LogP contribution in [0.5, 0.6) is 5.75 Å². The maximum Gasteiger partial charge on any atom is 0.339 e. The first-order chi connectivity index (χ1) is 14.2. The van der Waals surface area contributed by atoms with Gasteiger partial charge in [0.15, 0.2) is 0 Å². The zero-order valence-electron chi connectivity index (χ0n) is 16.3. The molecular formula is C24H24FNO3. The second-order valence-corrected chi connectivity index (χ2v) is 7.28. The number of hydrogen-bond donors (Lipinski definition) is 0. The Bertz CT molecular complexity index is 1000. The summed E-state index contributed by atoms with van der Waals surface area (Å²) in [6.07, 6.45) is 5.67. The van der Waals surface area contributed by atoms with Crippen LogP contribution in [0.1, 0.15) is 47.3 Å². The molecule has 0 unspecified atom stereocenters. The van der Waals surface area contributed by atoms with Crippen molar-refractivity contribution in [1.29, 1.82) is 0 Å². The molecule has 0 bridgehead atoms. The van der Waals surface area contributed by atoms with Gasteiger partial charge in [-0.3, -0.25) is 4.98 Å². The first-order valence-corrected chi connectivity index (χ1v) is 10.2. The normalized spacial score (nSPS) is 13.6. The van der Waals surface area contributed by atoms with Crippen molar-refractivity contribution in [2.75, 3.05) is 13.2 Å². The topological polar surface area (TPSA) is 48.4 Å². The number of ether oxygens (including phenoxy) is 2. The Hall–Kier alpha value is -2.95. The maximum absolute atomic E-state index is 13.0. The Balaban J connectivity index is 1.44. The summed E-state index contributed by atoms with van der Waals surface area (Å²) >= 11 is 0. The highest BCUT2D eigenvalue weighted by molar-refractivity contribution is 6.05. The Labute approximate surface area is 169 Å². The molecule has 0 atom stereocenters. The number of pyridine rings is 1. The Morgan fingerprint density at radius 3 is 2.62 bits per heavy atom. The second kappa shape index (κ2) is 9.03. The van der Waals surface area contributed by atoms with E-state index in [0.29, 0.717) is 24.3 Å².